The van der Waals surface area contributed by atoms with Crippen molar-refractivity contribution in [2.75, 3.05) is 25.0 Å². The van der Waals surface area contributed by atoms with Crippen LogP contribution in [0.2, 0.25) is 0 Å². The van der Waals surface area contributed by atoms with Crippen LogP contribution >= 0.6 is 12.4 Å². The highest BCUT2D eigenvalue weighted by molar-refractivity contribution is 5.89. The smallest absolute Gasteiger partial charge is 0.226 e. The minimum Gasteiger partial charge on any atom is -0.360 e. The molecule has 1 amide bonds. The third kappa shape index (κ3) is 4.29. The number of aromatic nitrogens is 1. The third-order valence-electron chi connectivity index (χ3n) is 2.86. The number of likely N-dealkylation sites (tertiary alicyclic amines) is 1. The Bertz CT molecular complexity index is 396. The number of nitrogens with one attached hydrogen (secondary N) is 1. The molecule has 0 aliphatic carbocycles. The summed E-state index contributed by atoms with van der Waals surface area (Å²) in [7, 11) is 0. The van der Waals surface area contributed by atoms with Crippen molar-refractivity contribution in [2.24, 2.45) is 5.73 Å². The van der Waals surface area contributed by atoms with Crippen molar-refractivity contribution >= 4 is 24.1 Å². The minimum atomic E-state index is -0.0428. The van der Waals surface area contributed by atoms with Crippen molar-refractivity contribution in [1.29, 1.82) is 0 Å². The lowest BCUT2D eigenvalue weighted by Gasteiger charge is -2.13. The van der Waals surface area contributed by atoms with E-state index in [0.29, 0.717) is 18.0 Å². The summed E-state index contributed by atoms with van der Waals surface area (Å²) in [5.41, 5.74) is 5.79. The molecule has 3 N–H and O–H groups in total. The molecule has 0 spiro atoms. The molecular weight excluding hydrogens is 256 g/mol. The number of hydrogen-bond acceptors (Lipinski definition) is 5. The number of rotatable bonds is 4. The lowest BCUT2D eigenvalue weighted by molar-refractivity contribution is -0.116. The molecule has 6 nitrogen and oxygen atoms in total. The Morgan fingerprint density at radius 2 is 2.50 bits per heavy atom. The molecule has 0 aromatic carbocycles. The number of nitrogens with two attached hydrogens (primary N) is 1. The Kier molecular flexibility index (Phi) is 5.58. The molecule has 1 aliphatic rings. The second kappa shape index (κ2) is 6.72. The van der Waals surface area contributed by atoms with Crippen molar-refractivity contribution in [3.05, 3.63) is 11.8 Å². The van der Waals surface area contributed by atoms with Gasteiger partial charge in [-0.15, -0.1) is 12.4 Å². The average molecular weight is 275 g/mol. The minimum absolute atomic E-state index is 0. The van der Waals surface area contributed by atoms with Crippen LogP contribution in [0.3, 0.4) is 0 Å². The van der Waals surface area contributed by atoms with E-state index in [2.05, 4.69) is 15.4 Å². The summed E-state index contributed by atoms with van der Waals surface area (Å²) in [6.45, 7) is 4.40. The van der Waals surface area contributed by atoms with Crippen LogP contribution in [0, 0.1) is 6.92 Å². The Morgan fingerprint density at radius 1 is 1.72 bits per heavy atom. The molecule has 7 heteroatoms. The SMILES string of the molecule is Cc1cc(NC(=O)CCN2CCC(N)C2)no1.Cl. The van der Waals surface area contributed by atoms with Crippen molar-refractivity contribution in [3.8, 4) is 0 Å². The van der Waals surface area contributed by atoms with Gasteiger partial charge in [0.05, 0.1) is 0 Å². The summed E-state index contributed by atoms with van der Waals surface area (Å²) in [5.74, 6) is 1.12. The molecule has 1 aromatic rings. The number of aryl methyl sites for hydroxylation is 1. The maximum absolute atomic E-state index is 11.6. The summed E-state index contributed by atoms with van der Waals surface area (Å²) in [4.78, 5) is 13.8. The highest BCUT2D eigenvalue weighted by Crippen LogP contribution is 2.09. The summed E-state index contributed by atoms with van der Waals surface area (Å²) in [6.07, 6.45) is 1.47. The molecule has 0 radical (unpaired) electrons. The molecule has 1 unspecified atom stereocenters. The molecule has 1 aliphatic heterocycles. The van der Waals surface area contributed by atoms with Crippen LogP contribution < -0.4 is 11.1 Å². The molecule has 2 rings (SSSR count). The Balaban J connectivity index is 0.00000162. The van der Waals surface area contributed by atoms with E-state index < -0.39 is 0 Å². The van der Waals surface area contributed by atoms with Gasteiger partial charge in [-0.3, -0.25) is 4.79 Å². The van der Waals surface area contributed by atoms with Gasteiger partial charge in [0.2, 0.25) is 5.91 Å². The summed E-state index contributed by atoms with van der Waals surface area (Å²) >= 11 is 0. The molecule has 102 valence electrons. The van der Waals surface area contributed by atoms with Gasteiger partial charge >= 0.3 is 0 Å². The molecule has 0 saturated carbocycles. The predicted molar refractivity (Wildman–Crippen MR) is 70.8 cm³/mol. The van der Waals surface area contributed by atoms with Crippen LogP contribution in [0.15, 0.2) is 10.6 Å². The third-order valence-corrected chi connectivity index (χ3v) is 2.86. The fourth-order valence-electron chi connectivity index (χ4n) is 1.96. The normalized spacial score (nSPS) is 19.6. The van der Waals surface area contributed by atoms with E-state index in [1.807, 2.05) is 0 Å². The maximum Gasteiger partial charge on any atom is 0.226 e. The second-order valence-corrected chi connectivity index (χ2v) is 4.47. The second-order valence-electron chi connectivity index (χ2n) is 4.47. The molecule has 18 heavy (non-hydrogen) atoms. The highest BCUT2D eigenvalue weighted by atomic mass is 35.5. The Morgan fingerprint density at radius 3 is 3.06 bits per heavy atom. The van der Waals surface area contributed by atoms with Crippen LogP contribution in [0.4, 0.5) is 5.82 Å². The van der Waals surface area contributed by atoms with E-state index >= 15 is 0 Å². The molecule has 1 aromatic heterocycles. The van der Waals surface area contributed by atoms with Crippen molar-refractivity contribution < 1.29 is 9.32 Å². The van der Waals surface area contributed by atoms with Gasteiger partial charge in [-0.1, -0.05) is 5.16 Å². The molecule has 1 atom stereocenters. The van der Waals surface area contributed by atoms with Gasteiger partial charge in [0.25, 0.3) is 0 Å². The van der Waals surface area contributed by atoms with Crippen LogP contribution in [-0.4, -0.2) is 41.6 Å². The zero-order valence-corrected chi connectivity index (χ0v) is 11.2. The van der Waals surface area contributed by atoms with Gasteiger partial charge < -0.3 is 20.5 Å². The fraction of sp³-hybridized carbons (Fsp3) is 0.636. The van der Waals surface area contributed by atoms with Crippen LogP contribution in [0.1, 0.15) is 18.6 Å². The summed E-state index contributed by atoms with van der Waals surface area (Å²) < 4.78 is 4.87. The van der Waals surface area contributed by atoms with E-state index in [4.69, 9.17) is 10.3 Å². The van der Waals surface area contributed by atoms with Gasteiger partial charge in [0.1, 0.15) is 5.76 Å². The van der Waals surface area contributed by atoms with E-state index in [0.717, 1.165) is 26.1 Å². The summed E-state index contributed by atoms with van der Waals surface area (Å²) in [6, 6.07) is 1.96. The summed E-state index contributed by atoms with van der Waals surface area (Å²) in [5, 5.41) is 6.40. The Labute approximate surface area is 112 Å². The van der Waals surface area contributed by atoms with Gasteiger partial charge in [0, 0.05) is 31.6 Å². The monoisotopic (exact) mass is 274 g/mol. The van der Waals surface area contributed by atoms with Crippen LogP contribution in [0.5, 0.6) is 0 Å². The van der Waals surface area contributed by atoms with Crippen molar-refractivity contribution in [1.82, 2.24) is 10.1 Å². The van der Waals surface area contributed by atoms with E-state index in [-0.39, 0.29) is 24.4 Å². The highest BCUT2D eigenvalue weighted by Gasteiger charge is 2.19. The molecule has 2 heterocycles. The van der Waals surface area contributed by atoms with Crippen LogP contribution in [0.25, 0.3) is 0 Å². The number of halogens is 1. The number of hydrogen-bond donors (Lipinski definition) is 2. The van der Waals surface area contributed by atoms with Gasteiger partial charge in [-0.2, -0.15) is 0 Å². The molecule has 0 bridgehead atoms. The largest absolute Gasteiger partial charge is 0.360 e. The lowest BCUT2D eigenvalue weighted by atomic mass is 10.3. The number of carbonyl (C=O) groups is 1. The molecule has 1 saturated heterocycles. The number of anilines is 1. The molecular formula is C11H19ClN4O2. The number of nitrogens with zero attached hydrogens (tertiary/aromatic N) is 2. The van der Waals surface area contributed by atoms with Gasteiger partial charge in [0.15, 0.2) is 5.82 Å². The van der Waals surface area contributed by atoms with E-state index in [1.165, 1.54) is 0 Å². The first-order chi connectivity index (χ1) is 8.13. The fourth-order valence-corrected chi connectivity index (χ4v) is 1.96. The standard InChI is InChI=1S/C11H18N4O2.ClH/c1-8-6-10(14-17-8)13-11(16)3-5-15-4-2-9(12)7-15;/h6,9H,2-5,7,12H2,1H3,(H,13,14,16);1H. The van der Waals surface area contributed by atoms with Crippen molar-refractivity contribution in [2.45, 2.75) is 25.8 Å². The average Bonchev–Trinajstić information content (AvgIpc) is 2.85. The lowest BCUT2D eigenvalue weighted by Crippen LogP contribution is -2.29. The number of amides is 1. The van der Waals surface area contributed by atoms with Gasteiger partial charge in [-0.25, -0.2) is 0 Å². The zero-order valence-electron chi connectivity index (χ0n) is 10.4. The first kappa shape index (κ1) is 14.9. The topological polar surface area (TPSA) is 84.4 Å². The first-order valence-electron chi connectivity index (χ1n) is 5.84. The quantitative estimate of drug-likeness (QED) is 0.847. The maximum atomic E-state index is 11.6. The predicted octanol–water partition coefficient (Wildman–Crippen LogP) is 0.766. The van der Waals surface area contributed by atoms with Gasteiger partial charge in [-0.05, 0) is 19.9 Å². The first-order valence-corrected chi connectivity index (χ1v) is 5.84. The van der Waals surface area contributed by atoms with E-state index in [1.54, 1.807) is 13.0 Å². The number of carbonyl (C=O) groups excluding carboxylic acids is 1. The van der Waals surface area contributed by atoms with Crippen LogP contribution in [-0.2, 0) is 4.79 Å². The van der Waals surface area contributed by atoms with E-state index in [9.17, 15) is 4.79 Å². The molecule has 1 fully saturated rings. The Hall–Kier alpha value is -1.11. The van der Waals surface area contributed by atoms with Crippen molar-refractivity contribution in [3.63, 3.8) is 0 Å². The zero-order chi connectivity index (χ0) is 12.3.